The van der Waals surface area contributed by atoms with Crippen LogP contribution in [0.5, 0.6) is 0 Å². The van der Waals surface area contributed by atoms with Crippen LogP contribution in [-0.4, -0.2) is 20.6 Å². The summed E-state index contributed by atoms with van der Waals surface area (Å²) in [5.41, 5.74) is 3.82. The molecule has 1 heterocycles. The van der Waals surface area contributed by atoms with E-state index in [4.69, 9.17) is 5.11 Å². The molecule has 0 aliphatic rings. The Balaban J connectivity index is 1.84. The lowest BCUT2D eigenvalue weighted by molar-refractivity contribution is 0.0697. The summed E-state index contributed by atoms with van der Waals surface area (Å²) in [5.74, 6) is -0.00317. The van der Waals surface area contributed by atoms with Crippen LogP contribution in [0.2, 0.25) is 0 Å². The van der Waals surface area contributed by atoms with Gasteiger partial charge in [0, 0.05) is 24.5 Å². The van der Waals surface area contributed by atoms with Gasteiger partial charge in [-0.15, -0.1) is 0 Å². The van der Waals surface area contributed by atoms with Gasteiger partial charge in [-0.25, -0.2) is 9.78 Å². The number of carbonyl (C=O) groups is 1. The average Bonchev–Trinajstić information content (AvgIpc) is 3.03. The van der Waals surface area contributed by atoms with Crippen LogP contribution in [-0.2, 0) is 12.0 Å². The number of aromatic carboxylic acids is 1. The van der Waals surface area contributed by atoms with E-state index >= 15 is 0 Å². The quantitative estimate of drug-likeness (QED) is 0.759. The molecular weight excluding hydrogens is 312 g/mol. The van der Waals surface area contributed by atoms with Gasteiger partial charge < -0.3 is 9.67 Å². The lowest BCUT2D eigenvalue weighted by Gasteiger charge is -2.19. The first kappa shape index (κ1) is 17.0. The molecule has 3 aromatic rings. The maximum atomic E-state index is 11.0. The highest BCUT2D eigenvalue weighted by molar-refractivity contribution is 5.87. The van der Waals surface area contributed by atoms with E-state index in [9.17, 15) is 4.79 Å². The highest BCUT2D eigenvalue weighted by Crippen LogP contribution is 2.25. The van der Waals surface area contributed by atoms with E-state index < -0.39 is 5.97 Å². The molecule has 3 rings (SSSR count). The van der Waals surface area contributed by atoms with Crippen molar-refractivity contribution in [3.63, 3.8) is 0 Å². The predicted molar refractivity (Wildman–Crippen MR) is 98.9 cm³/mol. The normalized spacial score (nSPS) is 11.5. The van der Waals surface area contributed by atoms with E-state index in [-0.39, 0.29) is 5.41 Å². The molecule has 0 radical (unpaired) electrons. The second-order valence-electron chi connectivity index (χ2n) is 7.21. The van der Waals surface area contributed by atoms with Crippen molar-refractivity contribution in [2.75, 3.05) is 0 Å². The van der Waals surface area contributed by atoms with Crippen LogP contribution < -0.4 is 0 Å². The molecule has 4 nitrogen and oxygen atoms in total. The molecule has 0 fully saturated rings. The fraction of sp³-hybridized carbons (Fsp3) is 0.238. The fourth-order valence-electron chi connectivity index (χ4n) is 2.77. The Morgan fingerprint density at radius 2 is 1.68 bits per heavy atom. The number of hydrogen-bond donors (Lipinski definition) is 1. The molecule has 0 aliphatic carbocycles. The lowest BCUT2D eigenvalue weighted by Crippen LogP contribution is -2.10. The molecule has 0 spiro atoms. The molecule has 0 unspecified atom stereocenters. The van der Waals surface area contributed by atoms with E-state index in [1.807, 2.05) is 18.3 Å². The maximum Gasteiger partial charge on any atom is 0.335 e. The SMILES string of the molecule is CC(C)(C)c1ccc(-c2nccn2Cc2ccc(C(=O)O)cc2)cc1. The van der Waals surface area contributed by atoms with Gasteiger partial charge in [-0.05, 0) is 28.7 Å². The summed E-state index contributed by atoms with van der Waals surface area (Å²) in [6.45, 7) is 7.24. The molecule has 0 saturated heterocycles. The summed E-state index contributed by atoms with van der Waals surface area (Å²) >= 11 is 0. The van der Waals surface area contributed by atoms with Gasteiger partial charge in [-0.1, -0.05) is 57.2 Å². The van der Waals surface area contributed by atoms with Gasteiger partial charge in [0.1, 0.15) is 5.82 Å². The van der Waals surface area contributed by atoms with Crippen molar-refractivity contribution in [1.29, 1.82) is 0 Å². The van der Waals surface area contributed by atoms with Gasteiger partial charge in [0.2, 0.25) is 0 Å². The molecule has 25 heavy (non-hydrogen) atoms. The molecule has 4 heteroatoms. The van der Waals surface area contributed by atoms with Crippen LogP contribution >= 0.6 is 0 Å². The highest BCUT2D eigenvalue weighted by atomic mass is 16.4. The van der Waals surface area contributed by atoms with Crippen molar-refractivity contribution in [1.82, 2.24) is 9.55 Å². The number of carboxylic acids is 1. The minimum absolute atomic E-state index is 0.125. The highest BCUT2D eigenvalue weighted by Gasteiger charge is 2.14. The van der Waals surface area contributed by atoms with Crippen LogP contribution in [0.25, 0.3) is 11.4 Å². The van der Waals surface area contributed by atoms with Crippen molar-refractivity contribution in [2.24, 2.45) is 0 Å². The molecule has 1 N–H and O–H groups in total. The summed E-state index contributed by atoms with van der Waals surface area (Å²) in [5, 5.41) is 8.99. The molecule has 2 aromatic carbocycles. The third-order valence-electron chi connectivity index (χ3n) is 4.28. The van der Waals surface area contributed by atoms with Gasteiger partial charge in [0.15, 0.2) is 0 Å². The Morgan fingerprint density at radius 3 is 2.24 bits per heavy atom. The van der Waals surface area contributed by atoms with Gasteiger partial charge in [-0.3, -0.25) is 0 Å². The second kappa shape index (κ2) is 6.55. The van der Waals surface area contributed by atoms with E-state index in [0.717, 1.165) is 17.0 Å². The summed E-state index contributed by atoms with van der Waals surface area (Å²) < 4.78 is 2.07. The number of imidazole rings is 1. The van der Waals surface area contributed by atoms with Crippen molar-refractivity contribution in [3.05, 3.63) is 77.6 Å². The number of aromatic nitrogens is 2. The van der Waals surface area contributed by atoms with Crippen molar-refractivity contribution in [2.45, 2.75) is 32.7 Å². The second-order valence-corrected chi connectivity index (χ2v) is 7.21. The minimum atomic E-state index is -0.909. The Labute approximate surface area is 147 Å². The van der Waals surface area contributed by atoms with Gasteiger partial charge in [0.05, 0.1) is 5.56 Å². The number of benzene rings is 2. The number of nitrogens with zero attached hydrogens (tertiary/aromatic N) is 2. The average molecular weight is 334 g/mol. The van der Waals surface area contributed by atoms with E-state index in [1.165, 1.54) is 5.56 Å². The molecule has 0 saturated carbocycles. The lowest BCUT2D eigenvalue weighted by atomic mass is 9.87. The summed E-state index contributed by atoms with van der Waals surface area (Å²) in [4.78, 5) is 15.4. The topological polar surface area (TPSA) is 55.1 Å². The molecule has 0 aliphatic heterocycles. The molecule has 128 valence electrons. The maximum absolute atomic E-state index is 11.0. The van der Waals surface area contributed by atoms with Gasteiger partial charge in [0.25, 0.3) is 0 Å². The zero-order valence-corrected chi connectivity index (χ0v) is 14.7. The molecule has 0 bridgehead atoms. The Morgan fingerprint density at radius 1 is 1.04 bits per heavy atom. The third-order valence-corrected chi connectivity index (χ3v) is 4.28. The van der Waals surface area contributed by atoms with E-state index in [2.05, 4.69) is 54.6 Å². The zero-order valence-electron chi connectivity index (χ0n) is 14.7. The Bertz CT molecular complexity index is 870. The fourth-order valence-corrected chi connectivity index (χ4v) is 2.77. The molecule has 0 amide bonds. The van der Waals surface area contributed by atoms with Crippen molar-refractivity contribution in [3.8, 4) is 11.4 Å². The number of rotatable bonds is 4. The first-order chi connectivity index (χ1) is 11.8. The van der Waals surface area contributed by atoms with Crippen LogP contribution in [0, 0.1) is 0 Å². The smallest absolute Gasteiger partial charge is 0.335 e. The Kier molecular flexibility index (Phi) is 4.45. The first-order valence-corrected chi connectivity index (χ1v) is 8.29. The van der Waals surface area contributed by atoms with Crippen LogP contribution in [0.15, 0.2) is 60.9 Å². The van der Waals surface area contributed by atoms with Crippen LogP contribution in [0.1, 0.15) is 42.3 Å². The predicted octanol–water partition coefficient (Wildman–Crippen LogP) is 4.59. The summed E-state index contributed by atoms with van der Waals surface area (Å²) in [6.07, 6.45) is 3.73. The van der Waals surface area contributed by atoms with E-state index in [0.29, 0.717) is 12.1 Å². The van der Waals surface area contributed by atoms with Crippen LogP contribution in [0.4, 0.5) is 0 Å². The molecule has 1 aromatic heterocycles. The van der Waals surface area contributed by atoms with Crippen molar-refractivity contribution < 1.29 is 9.90 Å². The van der Waals surface area contributed by atoms with Gasteiger partial charge >= 0.3 is 5.97 Å². The largest absolute Gasteiger partial charge is 0.478 e. The monoisotopic (exact) mass is 334 g/mol. The minimum Gasteiger partial charge on any atom is -0.478 e. The first-order valence-electron chi connectivity index (χ1n) is 8.29. The third kappa shape index (κ3) is 3.79. The number of carboxylic acid groups (broad SMARTS) is 1. The summed E-state index contributed by atoms with van der Waals surface area (Å²) in [6, 6.07) is 15.5. The van der Waals surface area contributed by atoms with E-state index in [1.54, 1.807) is 18.3 Å². The van der Waals surface area contributed by atoms with Gasteiger partial charge in [-0.2, -0.15) is 0 Å². The summed E-state index contributed by atoms with van der Waals surface area (Å²) in [7, 11) is 0. The van der Waals surface area contributed by atoms with Crippen LogP contribution in [0.3, 0.4) is 0 Å². The number of hydrogen-bond acceptors (Lipinski definition) is 2. The standard InChI is InChI=1S/C21H22N2O2/c1-21(2,3)18-10-8-16(9-11-18)19-22-12-13-23(19)14-15-4-6-17(7-5-15)20(24)25/h4-13H,14H2,1-3H3,(H,24,25). The Hall–Kier alpha value is -2.88. The van der Waals surface area contributed by atoms with Crippen molar-refractivity contribution >= 4 is 5.97 Å². The molecule has 0 atom stereocenters. The zero-order chi connectivity index (χ0) is 18.0. The molecular formula is C21H22N2O2.